The minimum absolute atomic E-state index is 0.833. The highest BCUT2D eigenvalue weighted by molar-refractivity contribution is 5.62. The molecule has 0 spiro atoms. The quantitative estimate of drug-likeness (QED) is 0.455. The zero-order chi connectivity index (χ0) is 12.6. The van der Waals surface area contributed by atoms with E-state index in [2.05, 4.69) is 13.5 Å². The van der Waals surface area contributed by atoms with Crippen molar-refractivity contribution in [2.24, 2.45) is 0 Å². The summed E-state index contributed by atoms with van der Waals surface area (Å²) in [6, 6.07) is 0. The number of carboxylic acid groups (broad SMARTS) is 1. The first-order valence-corrected chi connectivity index (χ1v) is 6.45. The molecule has 0 bridgehead atoms. The Hall–Kier alpha value is -0.790. The lowest BCUT2D eigenvalue weighted by Gasteiger charge is -1.99. The second-order valence-corrected chi connectivity index (χ2v) is 4.07. The van der Waals surface area contributed by atoms with Crippen LogP contribution in [-0.4, -0.2) is 11.1 Å². The lowest BCUT2D eigenvalue weighted by molar-refractivity contribution is -0.134. The van der Waals surface area contributed by atoms with Gasteiger partial charge in [0.05, 0.1) is 0 Å². The van der Waals surface area contributed by atoms with Gasteiger partial charge < -0.3 is 5.11 Å². The standard InChI is InChI=1S/C12H24.C2H4O2/c1-3-5-7-9-11-12-10-8-6-4-2;1-2(3)4/h3H,1,4-12H2,2H3;1H3,(H,3,4). The van der Waals surface area contributed by atoms with Gasteiger partial charge in [-0.25, -0.2) is 0 Å². The highest BCUT2D eigenvalue weighted by atomic mass is 16.4. The molecule has 0 aliphatic rings. The molecule has 0 fully saturated rings. The molecule has 0 aliphatic carbocycles. The van der Waals surface area contributed by atoms with E-state index in [9.17, 15) is 0 Å². The van der Waals surface area contributed by atoms with Crippen molar-refractivity contribution in [3.63, 3.8) is 0 Å². The van der Waals surface area contributed by atoms with Crippen LogP contribution in [0.15, 0.2) is 12.7 Å². The highest BCUT2D eigenvalue weighted by Gasteiger charge is 1.89. The Morgan fingerprint density at radius 1 is 1.06 bits per heavy atom. The van der Waals surface area contributed by atoms with Crippen LogP contribution in [0, 0.1) is 0 Å². The molecule has 0 radical (unpaired) electrons. The number of hydrogen-bond donors (Lipinski definition) is 1. The van der Waals surface area contributed by atoms with E-state index in [1.54, 1.807) is 0 Å². The Balaban J connectivity index is 0. The lowest BCUT2D eigenvalue weighted by atomic mass is 10.1. The van der Waals surface area contributed by atoms with Gasteiger partial charge in [0.1, 0.15) is 0 Å². The van der Waals surface area contributed by atoms with Gasteiger partial charge in [0.2, 0.25) is 0 Å². The fraction of sp³-hybridized carbons (Fsp3) is 0.786. The van der Waals surface area contributed by atoms with E-state index < -0.39 is 5.97 Å². The molecule has 96 valence electrons. The summed E-state index contributed by atoms with van der Waals surface area (Å²) in [6.07, 6.45) is 14.5. The molecule has 0 aromatic heterocycles. The summed E-state index contributed by atoms with van der Waals surface area (Å²) in [5.74, 6) is -0.833. The van der Waals surface area contributed by atoms with Crippen molar-refractivity contribution in [2.75, 3.05) is 0 Å². The minimum Gasteiger partial charge on any atom is -0.481 e. The molecule has 2 nitrogen and oxygen atoms in total. The van der Waals surface area contributed by atoms with Gasteiger partial charge in [-0.2, -0.15) is 0 Å². The Morgan fingerprint density at radius 3 is 1.81 bits per heavy atom. The third-order valence-electron chi connectivity index (χ3n) is 2.26. The largest absolute Gasteiger partial charge is 0.481 e. The van der Waals surface area contributed by atoms with Gasteiger partial charge in [-0.05, 0) is 12.8 Å². The molecule has 0 saturated carbocycles. The number of rotatable bonds is 9. The summed E-state index contributed by atoms with van der Waals surface area (Å²) >= 11 is 0. The Bertz CT molecular complexity index is 149. The predicted molar refractivity (Wildman–Crippen MR) is 70.7 cm³/mol. The zero-order valence-corrected chi connectivity index (χ0v) is 11.0. The van der Waals surface area contributed by atoms with Crippen LogP contribution in [0.1, 0.15) is 71.6 Å². The average Bonchev–Trinajstić information content (AvgIpc) is 2.21. The molecule has 0 amide bonds. The lowest BCUT2D eigenvalue weighted by Crippen LogP contribution is -1.79. The van der Waals surface area contributed by atoms with Crippen molar-refractivity contribution >= 4 is 5.97 Å². The van der Waals surface area contributed by atoms with Crippen molar-refractivity contribution in [1.82, 2.24) is 0 Å². The third kappa shape index (κ3) is 29.2. The van der Waals surface area contributed by atoms with Crippen LogP contribution in [-0.2, 0) is 4.79 Å². The van der Waals surface area contributed by atoms with E-state index in [-0.39, 0.29) is 0 Å². The first kappa shape index (κ1) is 17.6. The molecule has 0 aromatic rings. The van der Waals surface area contributed by atoms with Crippen LogP contribution in [0.4, 0.5) is 0 Å². The maximum atomic E-state index is 9.00. The second-order valence-electron chi connectivity index (χ2n) is 4.07. The molecular weight excluding hydrogens is 200 g/mol. The van der Waals surface area contributed by atoms with Crippen molar-refractivity contribution in [3.8, 4) is 0 Å². The fourth-order valence-corrected chi connectivity index (χ4v) is 1.42. The van der Waals surface area contributed by atoms with Gasteiger partial charge in [0.15, 0.2) is 0 Å². The van der Waals surface area contributed by atoms with Crippen molar-refractivity contribution < 1.29 is 9.90 Å². The molecule has 0 atom stereocenters. The molecule has 0 rings (SSSR count). The maximum absolute atomic E-state index is 9.00. The molecule has 2 heteroatoms. The van der Waals surface area contributed by atoms with E-state index in [1.165, 1.54) is 57.8 Å². The SMILES string of the molecule is C=CCCCCCCCCCC.CC(=O)O. The average molecular weight is 228 g/mol. The molecule has 0 heterocycles. The predicted octanol–water partition coefficient (Wildman–Crippen LogP) is 4.79. The summed E-state index contributed by atoms with van der Waals surface area (Å²) in [4.78, 5) is 9.00. The van der Waals surface area contributed by atoms with Crippen LogP contribution in [0.3, 0.4) is 0 Å². The number of unbranched alkanes of at least 4 members (excludes halogenated alkanes) is 8. The zero-order valence-electron chi connectivity index (χ0n) is 11.0. The van der Waals surface area contributed by atoms with E-state index in [0.29, 0.717) is 0 Å². The molecule has 0 aliphatic heterocycles. The Kier molecular flexibility index (Phi) is 18.3. The van der Waals surface area contributed by atoms with E-state index in [1.807, 2.05) is 6.08 Å². The Morgan fingerprint density at radius 2 is 1.44 bits per heavy atom. The normalized spacial score (nSPS) is 9.12. The third-order valence-corrected chi connectivity index (χ3v) is 2.26. The van der Waals surface area contributed by atoms with Gasteiger partial charge in [-0.3, -0.25) is 4.79 Å². The van der Waals surface area contributed by atoms with Gasteiger partial charge in [-0.1, -0.05) is 57.9 Å². The van der Waals surface area contributed by atoms with Gasteiger partial charge in [0.25, 0.3) is 5.97 Å². The first-order chi connectivity index (χ1) is 7.65. The molecule has 1 N–H and O–H groups in total. The molecular formula is C14H28O2. The van der Waals surface area contributed by atoms with E-state index in [0.717, 1.165) is 6.92 Å². The Labute approximate surface area is 101 Å². The van der Waals surface area contributed by atoms with Crippen LogP contribution in [0.25, 0.3) is 0 Å². The highest BCUT2D eigenvalue weighted by Crippen LogP contribution is 2.09. The summed E-state index contributed by atoms with van der Waals surface area (Å²) < 4.78 is 0. The topological polar surface area (TPSA) is 37.3 Å². The molecule has 0 unspecified atom stereocenters. The summed E-state index contributed by atoms with van der Waals surface area (Å²) in [7, 11) is 0. The number of carbonyl (C=O) groups is 1. The second kappa shape index (κ2) is 16.6. The van der Waals surface area contributed by atoms with Crippen LogP contribution in [0.2, 0.25) is 0 Å². The van der Waals surface area contributed by atoms with Crippen LogP contribution < -0.4 is 0 Å². The van der Waals surface area contributed by atoms with Crippen molar-refractivity contribution in [3.05, 3.63) is 12.7 Å². The van der Waals surface area contributed by atoms with Gasteiger partial charge in [0, 0.05) is 6.92 Å². The number of carboxylic acids is 1. The maximum Gasteiger partial charge on any atom is 0.300 e. The molecule has 0 saturated heterocycles. The number of aliphatic carboxylic acids is 1. The van der Waals surface area contributed by atoms with E-state index >= 15 is 0 Å². The summed E-state index contributed by atoms with van der Waals surface area (Å²) in [6.45, 7) is 7.07. The molecule has 16 heavy (non-hydrogen) atoms. The van der Waals surface area contributed by atoms with E-state index in [4.69, 9.17) is 9.90 Å². The van der Waals surface area contributed by atoms with Gasteiger partial charge in [-0.15, -0.1) is 6.58 Å². The van der Waals surface area contributed by atoms with Crippen LogP contribution in [0.5, 0.6) is 0 Å². The number of hydrogen-bond acceptors (Lipinski definition) is 1. The van der Waals surface area contributed by atoms with Crippen molar-refractivity contribution in [2.45, 2.75) is 71.6 Å². The van der Waals surface area contributed by atoms with Crippen LogP contribution >= 0.6 is 0 Å². The summed E-state index contributed by atoms with van der Waals surface area (Å²) in [5, 5.41) is 7.42. The number of allylic oxidation sites excluding steroid dienone is 1. The monoisotopic (exact) mass is 228 g/mol. The minimum atomic E-state index is -0.833. The fourth-order valence-electron chi connectivity index (χ4n) is 1.42. The van der Waals surface area contributed by atoms with Gasteiger partial charge >= 0.3 is 0 Å². The first-order valence-electron chi connectivity index (χ1n) is 6.45. The molecule has 0 aromatic carbocycles. The smallest absolute Gasteiger partial charge is 0.300 e. The summed E-state index contributed by atoms with van der Waals surface area (Å²) in [5.41, 5.74) is 0. The van der Waals surface area contributed by atoms with Crippen molar-refractivity contribution in [1.29, 1.82) is 0 Å².